The first-order chi connectivity index (χ1) is 8.20. The summed E-state index contributed by atoms with van der Waals surface area (Å²) in [5, 5.41) is 3.10. The molecule has 0 saturated heterocycles. The first-order valence-corrected chi connectivity index (χ1v) is 6.87. The van der Waals surface area contributed by atoms with Gasteiger partial charge < -0.3 is 10.3 Å². The van der Waals surface area contributed by atoms with Crippen molar-refractivity contribution in [1.82, 2.24) is 9.97 Å². The van der Waals surface area contributed by atoms with Crippen LogP contribution >= 0.6 is 27.7 Å². The molecule has 1 aromatic heterocycles. The van der Waals surface area contributed by atoms with Gasteiger partial charge in [-0.05, 0) is 40.4 Å². The van der Waals surface area contributed by atoms with Crippen LogP contribution in [0.25, 0.3) is 0 Å². The minimum Gasteiger partial charge on any atom is -0.339 e. The van der Waals surface area contributed by atoms with Crippen molar-refractivity contribution < 1.29 is 0 Å². The molecule has 0 saturated carbocycles. The Hall–Kier alpha value is -1.27. The van der Waals surface area contributed by atoms with Crippen molar-refractivity contribution in [2.75, 3.05) is 11.6 Å². The number of nitrogens with one attached hydrogen (secondary N) is 2. The summed E-state index contributed by atoms with van der Waals surface area (Å²) in [4.78, 5) is 19.1. The van der Waals surface area contributed by atoms with Crippen LogP contribution in [-0.2, 0) is 0 Å². The molecule has 0 radical (unpaired) electrons. The van der Waals surface area contributed by atoms with Crippen LogP contribution in [0.4, 0.5) is 11.5 Å². The van der Waals surface area contributed by atoms with Crippen LogP contribution in [0.5, 0.6) is 0 Å². The minimum absolute atomic E-state index is 0.205. The summed E-state index contributed by atoms with van der Waals surface area (Å²) < 4.78 is 0.398. The summed E-state index contributed by atoms with van der Waals surface area (Å²) in [5.41, 5.74) is 0.694. The first kappa shape index (κ1) is 12.2. The van der Waals surface area contributed by atoms with Gasteiger partial charge in [-0.3, -0.25) is 4.79 Å². The Morgan fingerprint density at radius 3 is 3.06 bits per heavy atom. The molecule has 6 heteroatoms. The Morgan fingerprint density at radius 2 is 2.29 bits per heavy atom. The summed E-state index contributed by atoms with van der Waals surface area (Å²) in [6.07, 6.45) is 3.38. The molecule has 17 heavy (non-hydrogen) atoms. The Balaban J connectivity index is 2.31. The van der Waals surface area contributed by atoms with Crippen molar-refractivity contribution in [1.29, 1.82) is 0 Å². The molecule has 88 valence electrons. The summed E-state index contributed by atoms with van der Waals surface area (Å²) in [6, 6.07) is 7.90. The maximum absolute atomic E-state index is 11.4. The number of hydrogen-bond donors (Lipinski definition) is 2. The number of aromatic nitrogens is 2. The van der Waals surface area contributed by atoms with Crippen molar-refractivity contribution in [3.8, 4) is 0 Å². The quantitative estimate of drug-likeness (QED) is 0.856. The average molecular weight is 312 g/mol. The molecule has 0 aliphatic heterocycles. The fraction of sp³-hybridized carbons (Fsp3) is 0.0909. The molecular weight excluding hydrogens is 302 g/mol. The van der Waals surface area contributed by atoms with Crippen LogP contribution in [0.15, 0.2) is 44.8 Å². The van der Waals surface area contributed by atoms with Crippen LogP contribution in [0, 0.1) is 0 Å². The predicted molar refractivity (Wildman–Crippen MR) is 74.1 cm³/mol. The van der Waals surface area contributed by atoms with E-state index in [1.807, 2.05) is 30.5 Å². The molecule has 0 aliphatic carbocycles. The van der Waals surface area contributed by atoms with Crippen molar-refractivity contribution in [3.05, 3.63) is 45.4 Å². The van der Waals surface area contributed by atoms with Gasteiger partial charge in [0.2, 0.25) is 0 Å². The predicted octanol–water partition coefficient (Wildman–Crippen LogP) is 3.00. The highest BCUT2D eigenvalue weighted by atomic mass is 79.9. The third kappa shape index (κ3) is 2.89. The standard InChI is InChI=1S/C11H10BrN3OS/c1-17-8-4-2-3-7(5-8)15-10-9(12)11(16)14-6-13-10/h2-6H,1H3,(H2,13,14,15,16). The highest BCUT2D eigenvalue weighted by molar-refractivity contribution is 9.10. The van der Waals surface area contributed by atoms with Gasteiger partial charge in [-0.2, -0.15) is 0 Å². The zero-order valence-electron chi connectivity index (χ0n) is 9.03. The SMILES string of the molecule is CSc1cccc(Nc2nc[nH]c(=O)c2Br)c1. The van der Waals surface area contributed by atoms with Gasteiger partial charge >= 0.3 is 0 Å². The summed E-state index contributed by atoms with van der Waals surface area (Å²) in [5.74, 6) is 0.506. The van der Waals surface area contributed by atoms with Gasteiger partial charge in [0.25, 0.3) is 5.56 Å². The molecular formula is C11H10BrN3OS. The lowest BCUT2D eigenvalue weighted by Gasteiger charge is -2.07. The topological polar surface area (TPSA) is 57.8 Å². The zero-order chi connectivity index (χ0) is 12.3. The van der Waals surface area contributed by atoms with E-state index in [0.717, 1.165) is 10.6 Å². The average Bonchev–Trinajstić information content (AvgIpc) is 2.35. The highest BCUT2D eigenvalue weighted by Gasteiger charge is 2.05. The van der Waals surface area contributed by atoms with E-state index >= 15 is 0 Å². The molecule has 1 aromatic carbocycles. The zero-order valence-corrected chi connectivity index (χ0v) is 11.4. The van der Waals surface area contributed by atoms with Crippen molar-refractivity contribution in [2.45, 2.75) is 4.90 Å². The second-order valence-corrected chi connectivity index (χ2v) is 4.92. The summed E-state index contributed by atoms with van der Waals surface area (Å²) in [7, 11) is 0. The Bertz CT molecular complexity index is 585. The van der Waals surface area contributed by atoms with Gasteiger partial charge in [0.05, 0.1) is 6.33 Å². The van der Waals surface area contributed by atoms with Crippen LogP contribution in [0.1, 0.15) is 0 Å². The van der Waals surface area contributed by atoms with E-state index in [-0.39, 0.29) is 5.56 Å². The maximum Gasteiger partial charge on any atom is 0.267 e. The van der Waals surface area contributed by atoms with Crippen molar-refractivity contribution >= 4 is 39.2 Å². The van der Waals surface area contributed by atoms with E-state index in [1.54, 1.807) is 11.8 Å². The first-order valence-electron chi connectivity index (χ1n) is 4.85. The largest absolute Gasteiger partial charge is 0.339 e. The minimum atomic E-state index is -0.205. The van der Waals surface area contributed by atoms with Crippen molar-refractivity contribution in [3.63, 3.8) is 0 Å². The molecule has 4 nitrogen and oxygen atoms in total. The van der Waals surface area contributed by atoms with Gasteiger partial charge in [-0.15, -0.1) is 11.8 Å². The lowest BCUT2D eigenvalue weighted by Crippen LogP contribution is -2.09. The lowest BCUT2D eigenvalue weighted by molar-refractivity contribution is 1.10. The number of nitrogens with zero attached hydrogens (tertiary/aromatic N) is 1. The molecule has 2 rings (SSSR count). The van der Waals surface area contributed by atoms with Gasteiger partial charge in [0.1, 0.15) is 4.47 Å². The lowest BCUT2D eigenvalue weighted by atomic mass is 10.3. The monoisotopic (exact) mass is 311 g/mol. The second kappa shape index (κ2) is 5.37. The maximum atomic E-state index is 11.4. The van der Waals surface area contributed by atoms with E-state index in [4.69, 9.17) is 0 Å². The third-order valence-corrected chi connectivity index (χ3v) is 3.59. The Kier molecular flexibility index (Phi) is 3.86. The van der Waals surface area contributed by atoms with E-state index in [9.17, 15) is 4.79 Å². The van der Waals surface area contributed by atoms with Gasteiger partial charge in [-0.25, -0.2) is 4.98 Å². The molecule has 1 heterocycles. The number of halogens is 1. The van der Waals surface area contributed by atoms with Gasteiger partial charge in [0.15, 0.2) is 5.82 Å². The van der Waals surface area contributed by atoms with Crippen molar-refractivity contribution in [2.24, 2.45) is 0 Å². The normalized spacial score (nSPS) is 10.2. The number of anilines is 2. The number of H-pyrrole nitrogens is 1. The Morgan fingerprint density at radius 1 is 1.47 bits per heavy atom. The molecule has 0 bridgehead atoms. The van der Waals surface area contributed by atoms with Crippen LogP contribution in [0.2, 0.25) is 0 Å². The summed E-state index contributed by atoms with van der Waals surface area (Å²) in [6.45, 7) is 0. The Labute approximate surface area is 111 Å². The van der Waals surface area contributed by atoms with E-state index in [0.29, 0.717) is 10.3 Å². The molecule has 2 N–H and O–H groups in total. The molecule has 0 amide bonds. The molecule has 0 aliphatic rings. The molecule has 2 aromatic rings. The smallest absolute Gasteiger partial charge is 0.267 e. The number of aromatic amines is 1. The second-order valence-electron chi connectivity index (χ2n) is 3.25. The fourth-order valence-corrected chi connectivity index (χ4v) is 2.08. The van der Waals surface area contributed by atoms with E-state index in [1.165, 1.54) is 6.33 Å². The number of hydrogen-bond acceptors (Lipinski definition) is 4. The fourth-order valence-electron chi connectivity index (χ4n) is 1.31. The molecule has 0 spiro atoms. The molecule has 0 fully saturated rings. The molecule has 0 unspecified atom stereocenters. The van der Waals surface area contributed by atoms with Crippen LogP contribution in [0.3, 0.4) is 0 Å². The third-order valence-electron chi connectivity index (χ3n) is 2.13. The van der Waals surface area contributed by atoms with E-state index in [2.05, 4.69) is 31.2 Å². The summed E-state index contributed by atoms with van der Waals surface area (Å²) >= 11 is 4.86. The van der Waals surface area contributed by atoms with Crippen LogP contribution < -0.4 is 10.9 Å². The van der Waals surface area contributed by atoms with E-state index < -0.39 is 0 Å². The van der Waals surface area contributed by atoms with Gasteiger partial charge in [-0.1, -0.05) is 6.07 Å². The number of thioether (sulfide) groups is 1. The highest BCUT2D eigenvalue weighted by Crippen LogP contribution is 2.23. The molecule has 0 atom stereocenters. The number of rotatable bonds is 3. The van der Waals surface area contributed by atoms with Gasteiger partial charge in [0, 0.05) is 10.6 Å². The van der Waals surface area contributed by atoms with Crippen LogP contribution in [-0.4, -0.2) is 16.2 Å². The number of benzene rings is 1.